The molecule has 0 heterocycles. The zero-order valence-electron chi connectivity index (χ0n) is 8.00. The normalized spacial score (nSPS) is 20.5. The number of hydrogen-bond donors (Lipinski definition) is 0. The average Bonchev–Trinajstić information content (AvgIpc) is 2.32. The van der Waals surface area contributed by atoms with Crippen LogP contribution in [0.15, 0.2) is 0 Å². The Morgan fingerprint density at radius 1 is 0.824 bits per heavy atom. The van der Waals surface area contributed by atoms with Gasteiger partial charge < -0.3 is 0 Å². The van der Waals surface area contributed by atoms with Crippen molar-refractivity contribution in [3.8, 4) is 0 Å². The zero-order valence-corrected chi connectivity index (χ0v) is 8.00. The van der Waals surface area contributed by atoms with Gasteiger partial charge in [0.1, 0.15) is 0 Å². The van der Waals surface area contributed by atoms with Gasteiger partial charge in [-0.05, 0) is 0 Å². The van der Waals surface area contributed by atoms with Gasteiger partial charge in [0.2, 0.25) is 12.0 Å². The molecule has 0 aliphatic rings. The van der Waals surface area contributed by atoms with Crippen LogP contribution in [0.3, 0.4) is 0 Å². The van der Waals surface area contributed by atoms with Crippen molar-refractivity contribution in [1.29, 1.82) is 0 Å². The fourth-order valence-corrected chi connectivity index (χ4v) is 0.845. The quantitative estimate of drug-likeness (QED) is 0.520. The smallest absolute Gasteiger partial charge is 0.276 e. The monoisotopic (exact) mass is 268 g/mol. The van der Waals surface area contributed by atoms with E-state index in [0.717, 1.165) is 0 Å². The molecule has 0 bridgehead atoms. The molecule has 0 aromatic rings. The first-order chi connectivity index (χ1) is 7.73. The molecule has 0 aromatic carbocycles. The van der Waals surface area contributed by atoms with E-state index in [0.29, 0.717) is 0 Å². The molecule has 9 heteroatoms. The lowest BCUT2D eigenvalue weighted by atomic mass is 10.0. The number of aldehydes is 1. The molecule has 0 aliphatic carbocycles. The minimum atomic E-state index is -3.90. The maximum Gasteiger partial charge on any atom is 0.276 e. The Bertz CT molecular complexity index is 273. The lowest BCUT2D eigenvalue weighted by Crippen LogP contribution is -2.43. The molecule has 0 amide bonds. The molecule has 100 valence electrons. The van der Waals surface area contributed by atoms with E-state index in [1.807, 2.05) is 0 Å². The SMILES string of the molecule is O=CC(F)C(F)C(F)C(F)C(=O)C(F)C(F)F. The van der Waals surface area contributed by atoms with Crippen molar-refractivity contribution in [2.75, 3.05) is 0 Å². The van der Waals surface area contributed by atoms with E-state index in [1.54, 1.807) is 0 Å². The third kappa shape index (κ3) is 3.97. The van der Waals surface area contributed by atoms with Gasteiger partial charge in [0, 0.05) is 0 Å². The average molecular weight is 268 g/mol. The first-order valence-electron chi connectivity index (χ1n) is 4.21. The van der Waals surface area contributed by atoms with Crippen molar-refractivity contribution in [1.82, 2.24) is 0 Å². The molecular formula is C8H7F7O2. The van der Waals surface area contributed by atoms with Gasteiger partial charge in [-0.3, -0.25) is 9.59 Å². The summed E-state index contributed by atoms with van der Waals surface area (Å²) in [7, 11) is 0. The Morgan fingerprint density at radius 2 is 1.29 bits per heavy atom. The summed E-state index contributed by atoms with van der Waals surface area (Å²) >= 11 is 0. The van der Waals surface area contributed by atoms with Crippen LogP contribution in [0.2, 0.25) is 0 Å². The largest absolute Gasteiger partial charge is 0.300 e. The van der Waals surface area contributed by atoms with E-state index in [9.17, 15) is 40.3 Å². The highest BCUT2D eigenvalue weighted by Gasteiger charge is 2.44. The second-order valence-corrected chi connectivity index (χ2v) is 3.01. The van der Waals surface area contributed by atoms with E-state index in [2.05, 4.69) is 0 Å². The third-order valence-electron chi connectivity index (χ3n) is 1.78. The topological polar surface area (TPSA) is 34.1 Å². The van der Waals surface area contributed by atoms with E-state index >= 15 is 0 Å². The van der Waals surface area contributed by atoms with E-state index in [1.165, 1.54) is 0 Å². The second-order valence-electron chi connectivity index (χ2n) is 3.01. The first kappa shape index (κ1) is 15.9. The predicted octanol–water partition coefficient (Wildman–Crippen LogP) is 1.71. The van der Waals surface area contributed by atoms with Crippen LogP contribution in [-0.2, 0) is 9.59 Å². The second kappa shape index (κ2) is 6.55. The van der Waals surface area contributed by atoms with Gasteiger partial charge in [-0.15, -0.1) is 0 Å². The summed E-state index contributed by atoms with van der Waals surface area (Å²) in [5.74, 6) is -2.53. The van der Waals surface area contributed by atoms with Crippen LogP contribution in [0.1, 0.15) is 0 Å². The van der Waals surface area contributed by atoms with Crippen LogP contribution in [0.4, 0.5) is 30.7 Å². The minimum absolute atomic E-state index is 0.700. The van der Waals surface area contributed by atoms with Gasteiger partial charge in [-0.25, -0.2) is 30.7 Å². The Labute approximate surface area is 90.8 Å². The van der Waals surface area contributed by atoms with Crippen LogP contribution in [0, 0.1) is 0 Å². The molecule has 5 unspecified atom stereocenters. The summed E-state index contributed by atoms with van der Waals surface area (Å²) in [5.41, 5.74) is 0. The van der Waals surface area contributed by atoms with Crippen molar-refractivity contribution in [2.45, 2.75) is 37.3 Å². The molecule has 0 fully saturated rings. The highest BCUT2D eigenvalue weighted by Crippen LogP contribution is 2.20. The van der Waals surface area contributed by atoms with Gasteiger partial charge >= 0.3 is 0 Å². The van der Waals surface area contributed by atoms with Crippen molar-refractivity contribution < 1.29 is 40.3 Å². The fourth-order valence-electron chi connectivity index (χ4n) is 0.845. The van der Waals surface area contributed by atoms with Crippen LogP contribution in [0.5, 0.6) is 0 Å². The molecule has 0 aromatic heterocycles. The van der Waals surface area contributed by atoms with Gasteiger partial charge in [-0.1, -0.05) is 0 Å². The van der Waals surface area contributed by atoms with E-state index in [4.69, 9.17) is 0 Å². The predicted molar refractivity (Wildman–Crippen MR) is 41.6 cm³/mol. The third-order valence-corrected chi connectivity index (χ3v) is 1.78. The number of carbonyl (C=O) groups excluding carboxylic acids is 2. The lowest BCUT2D eigenvalue weighted by molar-refractivity contribution is -0.139. The Hall–Kier alpha value is -1.15. The molecule has 0 radical (unpaired) electrons. The highest BCUT2D eigenvalue weighted by molar-refractivity contribution is 5.88. The molecule has 17 heavy (non-hydrogen) atoms. The molecule has 0 N–H and O–H groups in total. The number of rotatable bonds is 7. The molecule has 0 saturated carbocycles. The summed E-state index contributed by atoms with van der Waals surface area (Å²) in [6.07, 6.45) is -21.8. The molecule has 0 saturated heterocycles. The number of carbonyl (C=O) groups is 2. The number of ketones is 1. The zero-order chi connectivity index (χ0) is 13.7. The van der Waals surface area contributed by atoms with Gasteiger partial charge in [0.05, 0.1) is 0 Å². The first-order valence-corrected chi connectivity index (χ1v) is 4.21. The summed E-state index contributed by atoms with van der Waals surface area (Å²) in [4.78, 5) is 20.2. The van der Waals surface area contributed by atoms with Crippen LogP contribution >= 0.6 is 0 Å². The summed E-state index contributed by atoms with van der Waals surface area (Å²) < 4.78 is 85.8. The highest BCUT2D eigenvalue weighted by atomic mass is 19.3. The molecule has 0 aliphatic heterocycles. The van der Waals surface area contributed by atoms with Crippen LogP contribution < -0.4 is 0 Å². The minimum Gasteiger partial charge on any atom is -0.300 e. The maximum atomic E-state index is 12.7. The lowest BCUT2D eigenvalue weighted by Gasteiger charge is -2.18. The maximum absolute atomic E-state index is 12.7. The summed E-state index contributed by atoms with van der Waals surface area (Å²) in [6, 6.07) is 0. The fraction of sp³-hybridized carbons (Fsp3) is 0.750. The summed E-state index contributed by atoms with van der Waals surface area (Å²) in [6.45, 7) is 0. The van der Waals surface area contributed by atoms with Gasteiger partial charge in [0.15, 0.2) is 31.0 Å². The van der Waals surface area contributed by atoms with E-state index < -0.39 is 49.4 Å². The van der Waals surface area contributed by atoms with Crippen LogP contribution in [-0.4, -0.2) is 49.4 Å². The van der Waals surface area contributed by atoms with Crippen LogP contribution in [0.25, 0.3) is 0 Å². The number of alkyl halides is 7. The molecular weight excluding hydrogens is 261 g/mol. The number of hydrogen-bond acceptors (Lipinski definition) is 2. The molecule has 2 nitrogen and oxygen atoms in total. The molecule has 0 rings (SSSR count). The van der Waals surface area contributed by atoms with Gasteiger partial charge in [0.25, 0.3) is 6.43 Å². The van der Waals surface area contributed by atoms with Crippen molar-refractivity contribution in [2.24, 2.45) is 0 Å². The van der Waals surface area contributed by atoms with Crippen molar-refractivity contribution in [3.05, 3.63) is 0 Å². The Kier molecular flexibility index (Phi) is 6.11. The van der Waals surface area contributed by atoms with Crippen molar-refractivity contribution in [3.63, 3.8) is 0 Å². The number of Topliss-reactive ketones (excluding diaryl/α,β-unsaturated/α-hetero) is 1. The summed E-state index contributed by atoms with van der Waals surface area (Å²) in [5, 5.41) is 0. The standard InChI is InChI=1S/C8H7F7O2/c9-2(1-16)3(10)4(11)5(12)7(17)6(13)8(14)15/h1-6,8H. The number of halogens is 7. The van der Waals surface area contributed by atoms with E-state index in [-0.39, 0.29) is 0 Å². The van der Waals surface area contributed by atoms with Gasteiger partial charge in [-0.2, -0.15) is 0 Å². The molecule has 5 atom stereocenters. The Morgan fingerprint density at radius 3 is 1.65 bits per heavy atom. The Balaban J connectivity index is 4.64. The van der Waals surface area contributed by atoms with Crippen molar-refractivity contribution >= 4 is 12.1 Å². The molecule has 0 spiro atoms.